The first-order valence-corrected chi connectivity index (χ1v) is 11.5. The molecule has 0 spiro atoms. The number of ether oxygens (including phenoxy) is 4. The Morgan fingerprint density at radius 3 is 0.724 bits per heavy atom. The summed E-state index contributed by atoms with van der Waals surface area (Å²) < 4.78 is 47.3. The zero-order chi connectivity index (χ0) is 23.0. The van der Waals surface area contributed by atoms with Crippen LogP contribution in [0.2, 0.25) is 0 Å². The van der Waals surface area contributed by atoms with Crippen LogP contribution in [-0.4, -0.2) is 86.3 Å². The van der Waals surface area contributed by atoms with Gasteiger partial charge in [0.1, 0.15) is 0 Å². The van der Waals surface area contributed by atoms with Crippen molar-refractivity contribution in [3.63, 3.8) is 0 Å². The van der Waals surface area contributed by atoms with E-state index in [1.165, 1.54) is 0 Å². The van der Waals surface area contributed by atoms with Gasteiger partial charge in [0.05, 0.1) is 48.8 Å². The van der Waals surface area contributed by atoms with Gasteiger partial charge in [-0.25, -0.2) is 0 Å². The molecule has 0 radical (unpaired) electrons. The highest BCUT2D eigenvalue weighted by molar-refractivity contribution is 6.54. The Balaban J connectivity index is 6.27. The van der Waals surface area contributed by atoms with Crippen LogP contribution in [0.5, 0.6) is 0 Å². The molecule has 0 aromatic carbocycles. The summed E-state index contributed by atoms with van der Waals surface area (Å²) in [5.41, 5.74) is -2.90. The van der Waals surface area contributed by atoms with Crippen LogP contribution in [0.1, 0.15) is 55.4 Å². The summed E-state index contributed by atoms with van der Waals surface area (Å²) >= 11 is 0. The molecule has 0 heterocycles. The summed E-state index contributed by atoms with van der Waals surface area (Å²) in [6.45, 7) is 16.6. The normalized spacial score (nSPS) is 14.5. The molecule has 0 unspecified atom stereocenters. The fourth-order valence-electron chi connectivity index (χ4n) is 2.99. The van der Waals surface area contributed by atoms with Crippen molar-refractivity contribution in [1.82, 2.24) is 0 Å². The maximum atomic E-state index is 6.49. The zero-order valence-electron chi connectivity index (χ0n) is 20.6. The highest BCUT2D eigenvalue weighted by Gasteiger charge is 2.58. The van der Waals surface area contributed by atoms with E-state index in [0.29, 0.717) is 26.4 Å². The highest BCUT2D eigenvalue weighted by Crippen LogP contribution is 2.33. The van der Waals surface area contributed by atoms with E-state index in [0.717, 1.165) is 0 Å². The molecule has 0 aromatic heterocycles. The second-order valence-electron chi connectivity index (χ2n) is 9.68. The molecule has 0 saturated heterocycles. The van der Waals surface area contributed by atoms with Crippen LogP contribution in [0.3, 0.4) is 0 Å². The lowest BCUT2D eigenvalue weighted by atomic mass is 10.2. The summed E-state index contributed by atoms with van der Waals surface area (Å²) in [6, 6.07) is 0. The van der Waals surface area contributed by atoms with Gasteiger partial charge in [0, 0.05) is 28.4 Å². The molecule has 0 aliphatic carbocycles. The van der Waals surface area contributed by atoms with E-state index in [2.05, 4.69) is 0 Å². The van der Waals surface area contributed by atoms with E-state index in [-0.39, 0.29) is 0 Å². The van der Waals surface area contributed by atoms with E-state index in [4.69, 9.17) is 36.7 Å². The predicted molar refractivity (Wildman–Crippen MR) is 114 cm³/mol. The molecule has 0 aliphatic heterocycles. The van der Waals surface area contributed by atoms with Crippen molar-refractivity contribution in [2.45, 2.75) is 77.8 Å². The lowest BCUT2D eigenvalue weighted by Crippen LogP contribution is -2.65. The van der Waals surface area contributed by atoms with Crippen molar-refractivity contribution in [2.75, 3.05) is 54.9 Å². The van der Waals surface area contributed by atoms with Crippen LogP contribution >= 0.6 is 0 Å². The minimum Gasteiger partial charge on any atom is -0.382 e. The molecule has 0 amide bonds. The third-order valence-corrected chi connectivity index (χ3v) is 6.78. The van der Waals surface area contributed by atoms with Crippen LogP contribution in [0.15, 0.2) is 0 Å². The van der Waals surface area contributed by atoms with Gasteiger partial charge < -0.3 is 36.7 Å². The van der Waals surface area contributed by atoms with Crippen molar-refractivity contribution in [3.8, 4) is 0 Å². The van der Waals surface area contributed by atoms with Gasteiger partial charge in [-0.15, -0.1) is 0 Å². The third-order valence-electron chi connectivity index (χ3n) is 3.57. The molecule has 9 heteroatoms. The smallest absolute Gasteiger partial charge is 0.382 e. The molecule has 0 saturated carbocycles. The molecule has 0 aliphatic rings. The fourth-order valence-corrected chi connectivity index (χ4v) is 6.18. The second-order valence-corrected chi connectivity index (χ2v) is 11.5. The molecule has 0 aromatic rings. The Kier molecular flexibility index (Phi) is 11.5. The molecular weight excluding hydrogens is 396 g/mol. The summed E-state index contributed by atoms with van der Waals surface area (Å²) in [6.07, 6.45) is 0. The van der Waals surface area contributed by atoms with Crippen molar-refractivity contribution < 1.29 is 36.7 Å². The summed E-state index contributed by atoms with van der Waals surface area (Å²) in [4.78, 5) is 0. The lowest BCUT2D eigenvalue weighted by molar-refractivity contribution is -0.191. The average molecular weight is 441 g/mol. The van der Waals surface area contributed by atoms with Crippen LogP contribution in [0.4, 0.5) is 0 Å². The summed E-state index contributed by atoms with van der Waals surface area (Å²) in [5.74, 6) is 0. The largest absolute Gasteiger partial charge is 0.681 e. The lowest BCUT2D eigenvalue weighted by Gasteiger charge is -2.45. The molecule has 0 fully saturated rings. The highest BCUT2D eigenvalue weighted by atomic mass is 28.4. The molecule has 8 nitrogen and oxygen atoms in total. The Hall–Kier alpha value is -0.103. The molecule has 0 N–H and O–H groups in total. The first kappa shape index (κ1) is 28.9. The zero-order valence-corrected chi connectivity index (χ0v) is 21.6. The van der Waals surface area contributed by atoms with Crippen LogP contribution in [-0.2, 0) is 36.7 Å². The van der Waals surface area contributed by atoms with Crippen LogP contribution in [0.25, 0.3) is 0 Å². The van der Waals surface area contributed by atoms with Gasteiger partial charge in [-0.1, -0.05) is 0 Å². The minimum absolute atomic E-state index is 0.331. The first-order valence-electron chi connectivity index (χ1n) is 9.83. The second kappa shape index (κ2) is 11.5. The topological polar surface area (TPSA) is 73.8 Å². The Morgan fingerprint density at radius 2 is 0.586 bits per heavy atom. The molecule has 0 rings (SSSR count). The van der Waals surface area contributed by atoms with Crippen molar-refractivity contribution in [2.24, 2.45) is 0 Å². The average Bonchev–Trinajstić information content (AvgIpc) is 2.43. The van der Waals surface area contributed by atoms with E-state index < -0.39 is 31.5 Å². The van der Waals surface area contributed by atoms with Crippen LogP contribution < -0.4 is 0 Å². The van der Waals surface area contributed by atoms with Gasteiger partial charge in [-0.05, 0) is 55.4 Å². The summed E-state index contributed by atoms with van der Waals surface area (Å²) in [5, 5.41) is 0. The van der Waals surface area contributed by atoms with E-state index in [1.807, 2.05) is 55.4 Å². The minimum atomic E-state index is -3.81. The molecule has 176 valence electrons. The SMILES string of the molecule is COCC(C)(C)O[Si](OC(C)(C)COC)(OC(C)(C)COC)OC(C)(C)COC. The number of hydrogen-bond donors (Lipinski definition) is 0. The molecule has 0 bridgehead atoms. The predicted octanol–water partition coefficient (Wildman–Crippen LogP) is 3.19. The van der Waals surface area contributed by atoms with Gasteiger partial charge >= 0.3 is 9.05 Å². The van der Waals surface area contributed by atoms with Gasteiger partial charge in [0.25, 0.3) is 0 Å². The Morgan fingerprint density at radius 1 is 0.414 bits per heavy atom. The summed E-state index contributed by atoms with van der Waals surface area (Å²) in [7, 11) is 2.68. The van der Waals surface area contributed by atoms with Crippen molar-refractivity contribution in [1.29, 1.82) is 0 Å². The number of rotatable bonds is 16. The number of hydrogen-bond acceptors (Lipinski definition) is 8. The van der Waals surface area contributed by atoms with Crippen LogP contribution in [0, 0.1) is 0 Å². The molecule has 29 heavy (non-hydrogen) atoms. The maximum Gasteiger partial charge on any atom is 0.681 e. The fraction of sp³-hybridized carbons (Fsp3) is 1.00. The molecule has 0 atom stereocenters. The van der Waals surface area contributed by atoms with Crippen molar-refractivity contribution >= 4 is 9.05 Å². The van der Waals surface area contributed by atoms with Gasteiger partial charge in [-0.2, -0.15) is 0 Å². The van der Waals surface area contributed by atoms with E-state index >= 15 is 0 Å². The van der Waals surface area contributed by atoms with Gasteiger partial charge in [-0.3, -0.25) is 0 Å². The van der Waals surface area contributed by atoms with E-state index in [9.17, 15) is 0 Å². The monoisotopic (exact) mass is 440 g/mol. The number of methoxy groups -OCH3 is 4. The first-order chi connectivity index (χ1) is 13.1. The van der Waals surface area contributed by atoms with E-state index in [1.54, 1.807) is 28.4 Å². The standard InChI is InChI=1S/C20H44O8Si/c1-17(2,13-21-9)25-29(26-18(3,4)14-22-10,27-19(5,6)15-23-11)28-20(7,8)16-24-12/h13-16H2,1-12H3. The maximum absolute atomic E-state index is 6.49. The third kappa shape index (κ3) is 11.8. The van der Waals surface area contributed by atoms with Gasteiger partial charge in [0.2, 0.25) is 0 Å². The van der Waals surface area contributed by atoms with Gasteiger partial charge in [0.15, 0.2) is 0 Å². The Bertz CT molecular complexity index is 380. The Labute approximate surface area is 178 Å². The van der Waals surface area contributed by atoms with Crippen molar-refractivity contribution in [3.05, 3.63) is 0 Å². The molecular formula is C20H44O8Si. The quantitative estimate of drug-likeness (QED) is 0.339.